The molecule has 0 fully saturated rings. The molecular weight excluding hydrogens is 332 g/mol. The molecule has 0 aliphatic carbocycles. The molecule has 1 amide bonds. The molecule has 4 nitrogen and oxygen atoms in total. The minimum Gasteiger partial charge on any atom is -0.487 e. The molecule has 23 heavy (non-hydrogen) atoms. The second kappa shape index (κ2) is 7.26. The molecule has 2 aromatic carbocycles. The van der Waals surface area contributed by atoms with E-state index in [0.717, 1.165) is 11.4 Å². The first-order chi connectivity index (χ1) is 11.2. The van der Waals surface area contributed by atoms with Gasteiger partial charge in [-0.2, -0.15) is 0 Å². The number of para-hydroxylation sites is 1. The van der Waals surface area contributed by atoms with Gasteiger partial charge in [0, 0.05) is 16.0 Å². The van der Waals surface area contributed by atoms with Crippen LogP contribution in [-0.4, -0.2) is 10.9 Å². The van der Waals surface area contributed by atoms with Crippen molar-refractivity contribution in [2.75, 3.05) is 5.32 Å². The van der Waals surface area contributed by atoms with Crippen LogP contribution in [0.25, 0.3) is 0 Å². The normalized spacial score (nSPS) is 10.3. The van der Waals surface area contributed by atoms with Crippen molar-refractivity contribution < 1.29 is 9.53 Å². The van der Waals surface area contributed by atoms with Crippen LogP contribution < -0.4 is 10.1 Å². The van der Waals surface area contributed by atoms with Crippen molar-refractivity contribution in [3.05, 3.63) is 76.3 Å². The number of nitrogens with one attached hydrogen (secondary N) is 1. The largest absolute Gasteiger partial charge is 0.487 e. The van der Waals surface area contributed by atoms with Gasteiger partial charge in [0.1, 0.15) is 12.4 Å². The van der Waals surface area contributed by atoms with E-state index < -0.39 is 0 Å². The van der Waals surface area contributed by atoms with Crippen molar-refractivity contribution in [2.45, 2.75) is 6.61 Å². The molecule has 3 rings (SSSR count). The Morgan fingerprint density at radius 3 is 2.61 bits per heavy atom. The minimum atomic E-state index is -0.216. The van der Waals surface area contributed by atoms with Crippen molar-refractivity contribution >= 4 is 34.0 Å². The number of rotatable bonds is 5. The van der Waals surface area contributed by atoms with Gasteiger partial charge < -0.3 is 4.74 Å². The number of nitrogens with zero attached hydrogens (tertiary/aromatic N) is 1. The van der Waals surface area contributed by atoms with E-state index in [0.29, 0.717) is 22.3 Å². The predicted molar refractivity (Wildman–Crippen MR) is 92.3 cm³/mol. The maximum atomic E-state index is 12.1. The third-order valence-corrected chi connectivity index (χ3v) is 4.07. The molecule has 0 saturated heterocycles. The lowest BCUT2D eigenvalue weighted by atomic mass is 10.2. The highest BCUT2D eigenvalue weighted by Gasteiger charge is 2.09. The van der Waals surface area contributed by atoms with E-state index in [2.05, 4.69) is 10.3 Å². The fourth-order valence-corrected chi connectivity index (χ4v) is 2.69. The zero-order valence-corrected chi connectivity index (χ0v) is 13.6. The highest BCUT2D eigenvalue weighted by Crippen LogP contribution is 2.19. The minimum absolute atomic E-state index is 0.216. The summed E-state index contributed by atoms with van der Waals surface area (Å²) in [5.41, 5.74) is 1.30. The number of ether oxygens (including phenoxy) is 1. The Morgan fingerprint density at radius 1 is 1.13 bits per heavy atom. The van der Waals surface area contributed by atoms with Gasteiger partial charge in [0.15, 0.2) is 5.13 Å². The van der Waals surface area contributed by atoms with E-state index in [4.69, 9.17) is 16.3 Å². The zero-order valence-electron chi connectivity index (χ0n) is 12.0. The van der Waals surface area contributed by atoms with E-state index in [1.807, 2.05) is 35.7 Å². The summed E-state index contributed by atoms with van der Waals surface area (Å²) < 4.78 is 5.62. The number of amides is 1. The number of aromatic nitrogens is 1. The third-order valence-electron chi connectivity index (χ3n) is 3.01. The SMILES string of the molecule is O=C(Nc1nc(COc2ccccc2)cs1)c1ccc(Cl)cc1. The van der Waals surface area contributed by atoms with Crippen molar-refractivity contribution in [3.63, 3.8) is 0 Å². The summed E-state index contributed by atoms with van der Waals surface area (Å²) in [6.45, 7) is 0.358. The maximum Gasteiger partial charge on any atom is 0.257 e. The molecule has 0 aliphatic rings. The van der Waals surface area contributed by atoms with Crippen LogP contribution >= 0.6 is 22.9 Å². The summed E-state index contributed by atoms with van der Waals surface area (Å²) in [7, 11) is 0. The number of hydrogen-bond acceptors (Lipinski definition) is 4. The Bertz CT molecular complexity index is 788. The van der Waals surface area contributed by atoms with E-state index in [1.54, 1.807) is 24.3 Å². The first-order valence-electron chi connectivity index (χ1n) is 6.90. The van der Waals surface area contributed by atoms with Crippen LogP contribution in [0.2, 0.25) is 5.02 Å². The molecule has 0 saturated carbocycles. The predicted octanol–water partition coefficient (Wildman–Crippen LogP) is 4.63. The Hall–Kier alpha value is -2.37. The summed E-state index contributed by atoms with van der Waals surface area (Å²) in [6, 6.07) is 16.2. The zero-order chi connectivity index (χ0) is 16.1. The van der Waals surface area contributed by atoms with Gasteiger partial charge in [-0.1, -0.05) is 29.8 Å². The summed E-state index contributed by atoms with van der Waals surface area (Å²) >= 11 is 7.17. The van der Waals surface area contributed by atoms with Crippen LogP contribution in [0, 0.1) is 0 Å². The van der Waals surface area contributed by atoms with Crippen LogP contribution in [0.3, 0.4) is 0 Å². The fraction of sp³-hybridized carbons (Fsp3) is 0.0588. The molecule has 1 heterocycles. The molecule has 0 bridgehead atoms. The topological polar surface area (TPSA) is 51.2 Å². The number of hydrogen-bond donors (Lipinski definition) is 1. The molecule has 0 atom stereocenters. The second-order valence-electron chi connectivity index (χ2n) is 4.71. The first-order valence-corrected chi connectivity index (χ1v) is 8.15. The van der Waals surface area contributed by atoms with Crippen molar-refractivity contribution in [2.24, 2.45) is 0 Å². The average molecular weight is 345 g/mol. The van der Waals surface area contributed by atoms with Crippen LogP contribution in [0.1, 0.15) is 16.1 Å². The third kappa shape index (κ3) is 4.31. The Morgan fingerprint density at radius 2 is 1.87 bits per heavy atom. The van der Waals surface area contributed by atoms with Gasteiger partial charge in [-0.25, -0.2) is 4.98 Å². The molecule has 1 aromatic heterocycles. The highest BCUT2D eigenvalue weighted by atomic mass is 35.5. The van der Waals surface area contributed by atoms with Crippen molar-refractivity contribution in [1.82, 2.24) is 4.98 Å². The van der Waals surface area contributed by atoms with Gasteiger partial charge in [-0.3, -0.25) is 10.1 Å². The summed E-state index contributed by atoms with van der Waals surface area (Å²) in [5.74, 6) is 0.568. The van der Waals surface area contributed by atoms with Crippen LogP contribution in [-0.2, 0) is 6.61 Å². The van der Waals surface area contributed by atoms with Crippen LogP contribution in [0.5, 0.6) is 5.75 Å². The number of benzene rings is 2. The average Bonchev–Trinajstić information content (AvgIpc) is 3.02. The second-order valence-corrected chi connectivity index (χ2v) is 6.00. The molecular formula is C17H13ClN2O2S. The van der Waals surface area contributed by atoms with E-state index in [-0.39, 0.29) is 5.91 Å². The number of carbonyl (C=O) groups is 1. The Balaban J connectivity index is 1.58. The fourth-order valence-electron chi connectivity index (χ4n) is 1.88. The van der Waals surface area contributed by atoms with E-state index >= 15 is 0 Å². The summed E-state index contributed by atoms with van der Waals surface area (Å²) in [4.78, 5) is 16.4. The summed E-state index contributed by atoms with van der Waals surface area (Å²) in [5, 5.41) is 5.76. The van der Waals surface area contributed by atoms with E-state index in [1.165, 1.54) is 11.3 Å². The van der Waals surface area contributed by atoms with Gasteiger partial charge in [-0.15, -0.1) is 11.3 Å². The summed E-state index contributed by atoms with van der Waals surface area (Å²) in [6.07, 6.45) is 0. The van der Waals surface area contributed by atoms with Gasteiger partial charge in [0.25, 0.3) is 5.91 Å². The van der Waals surface area contributed by atoms with Gasteiger partial charge >= 0.3 is 0 Å². The number of anilines is 1. The molecule has 0 radical (unpaired) electrons. The maximum absolute atomic E-state index is 12.1. The monoisotopic (exact) mass is 344 g/mol. The van der Waals surface area contributed by atoms with Crippen LogP contribution in [0.4, 0.5) is 5.13 Å². The molecule has 3 aromatic rings. The van der Waals surface area contributed by atoms with Gasteiger partial charge in [-0.05, 0) is 36.4 Å². The molecule has 6 heteroatoms. The lowest BCUT2D eigenvalue weighted by Crippen LogP contribution is -2.11. The molecule has 116 valence electrons. The number of halogens is 1. The lowest BCUT2D eigenvalue weighted by molar-refractivity contribution is 0.102. The van der Waals surface area contributed by atoms with Crippen molar-refractivity contribution in [3.8, 4) is 5.75 Å². The standard InChI is InChI=1S/C17H13ClN2O2S/c18-13-8-6-12(7-9-13)16(21)20-17-19-14(11-23-17)10-22-15-4-2-1-3-5-15/h1-9,11H,10H2,(H,19,20,21). The molecule has 0 unspecified atom stereocenters. The molecule has 0 aliphatic heterocycles. The number of carbonyl (C=O) groups excluding carboxylic acids is 1. The molecule has 0 spiro atoms. The highest BCUT2D eigenvalue weighted by molar-refractivity contribution is 7.13. The Kier molecular flexibility index (Phi) is 4.90. The lowest BCUT2D eigenvalue weighted by Gasteiger charge is -2.03. The van der Waals surface area contributed by atoms with Gasteiger partial charge in [0.2, 0.25) is 0 Å². The molecule has 1 N–H and O–H groups in total. The smallest absolute Gasteiger partial charge is 0.257 e. The Labute approximate surface area is 142 Å². The van der Waals surface area contributed by atoms with E-state index in [9.17, 15) is 4.79 Å². The van der Waals surface area contributed by atoms with Crippen LogP contribution in [0.15, 0.2) is 60.0 Å². The van der Waals surface area contributed by atoms with Crippen molar-refractivity contribution in [1.29, 1.82) is 0 Å². The van der Waals surface area contributed by atoms with Gasteiger partial charge in [0.05, 0.1) is 5.69 Å². The number of thiazole rings is 1. The quantitative estimate of drug-likeness (QED) is 0.734. The first kappa shape index (κ1) is 15.5.